The van der Waals surface area contributed by atoms with E-state index in [0.29, 0.717) is 5.69 Å². The summed E-state index contributed by atoms with van der Waals surface area (Å²) in [5.41, 5.74) is 9.62. The number of anilines is 1. The van der Waals surface area contributed by atoms with E-state index in [1.54, 1.807) is 10.7 Å². The lowest BCUT2D eigenvalue weighted by Gasteiger charge is -1.97. The van der Waals surface area contributed by atoms with Gasteiger partial charge in [-0.1, -0.05) is 30.3 Å². The Balaban J connectivity index is 2.01. The van der Waals surface area contributed by atoms with Crippen LogP contribution < -0.4 is 5.73 Å². The summed E-state index contributed by atoms with van der Waals surface area (Å²) in [5, 5.41) is 4.46. The minimum absolute atomic E-state index is 0.705. The molecule has 0 saturated heterocycles. The van der Waals surface area contributed by atoms with Gasteiger partial charge in [0.1, 0.15) is 0 Å². The van der Waals surface area contributed by atoms with Crippen LogP contribution in [0.4, 0.5) is 5.69 Å². The number of nitrogen functional groups attached to an aromatic ring is 1. The van der Waals surface area contributed by atoms with E-state index in [9.17, 15) is 0 Å². The number of nitrogens with two attached hydrogens (primary N) is 1. The molecule has 4 heteroatoms. The zero-order valence-electron chi connectivity index (χ0n) is 10.2. The number of hydrogen-bond acceptors (Lipinski definition) is 3. The Bertz CT molecular complexity index is 686. The van der Waals surface area contributed by atoms with Gasteiger partial charge in [0.05, 0.1) is 11.9 Å². The van der Waals surface area contributed by atoms with E-state index >= 15 is 0 Å². The lowest BCUT2D eigenvalue weighted by Crippen LogP contribution is -1.95. The SMILES string of the molecule is Cc1cc(N)cn2nc(Cc3ccccc3)nc12. The maximum atomic E-state index is 5.80. The van der Waals surface area contributed by atoms with Gasteiger partial charge in [0, 0.05) is 6.42 Å². The molecular weight excluding hydrogens is 224 g/mol. The van der Waals surface area contributed by atoms with Crippen molar-refractivity contribution in [3.05, 3.63) is 59.5 Å². The molecule has 18 heavy (non-hydrogen) atoms. The van der Waals surface area contributed by atoms with Crippen LogP contribution in [0.2, 0.25) is 0 Å². The topological polar surface area (TPSA) is 56.2 Å². The first kappa shape index (κ1) is 10.8. The highest BCUT2D eigenvalue weighted by Crippen LogP contribution is 2.14. The van der Waals surface area contributed by atoms with E-state index in [-0.39, 0.29) is 0 Å². The van der Waals surface area contributed by atoms with Crippen molar-refractivity contribution in [2.75, 3.05) is 5.73 Å². The van der Waals surface area contributed by atoms with Gasteiger partial charge in [-0.05, 0) is 24.1 Å². The second-order valence-electron chi connectivity index (χ2n) is 4.42. The molecule has 3 aromatic rings. The smallest absolute Gasteiger partial charge is 0.158 e. The number of rotatable bonds is 2. The van der Waals surface area contributed by atoms with Crippen LogP contribution in [-0.2, 0) is 6.42 Å². The number of aromatic nitrogens is 3. The molecule has 0 amide bonds. The summed E-state index contributed by atoms with van der Waals surface area (Å²) in [6.45, 7) is 1.99. The van der Waals surface area contributed by atoms with Gasteiger partial charge < -0.3 is 5.73 Å². The minimum atomic E-state index is 0.705. The largest absolute Gasteiger partial charge is 0.397 e. The Kier molecular flexibility index (Phi) is 2.48. The van der Waals surface area contributed by atoms with Crippen LogP contribution in [0.3, 0.4) is 0 Å². The van der Waals surface area contributed by atoms with Crippen molar-refractivity contribution in [3.8, 4) is 0 Å². The summed E-state index contributed by atoms with van der Waals surface area (Å²) in [4.78, 5) is 4.54. The van der Waals surface area contributed by atoms with Crippen molar-refractivity contribution in [1.82, 2.24) is 14.6 Å². The fourth-order valence-corrected chi connectivity index (χ4v) is 2.07. The molecule has 0 unspecified atom stereocenters. The molecule has 2 N–H and O–H groups in total. The molecule has 2 aromatic heterocycles. The first-order valence-electron chi connectivity index (χ1n) is 5.88. The van der Waals surface area contributed by atoms with Crippen molar-refractivity contribution in [2.45, 2.75) is 13.3 Å². The van der Waals surface area contributed by atoms with Crippen LogP contribution in [-0.4, -0.2) is 14.6 Å². The second-order valence-corrected chi connectivity index (χ2v) is 4.42. The number of pyridine rings is 1. The van der Waals surface area contributed by atoms with Crippen molar-refractivity contribution in [2.24, 2.45) is 0 Å². The molecule has 0 aliphatic rings. The van der Waals surface area contributed by atoms with E-state index in [4.69, 9.17) is 5.73 Å². The lowest BCUT2D eigenvalue weighted by atomic mass is 10.1. The van der Waals surface area contributed by atoms with Crippen LogP contribution in [0.5, 0.6) is 0 Å². The van der Waals surface area contributed by atoms with E-state index in [2.05, 4.69) is 22.2 Å². The molecule has 1 aromatic carbocycles. The third kappa shape index (κ3) is 1.93. The van der Waals surface area contributed by atoms with E-state index < -0.39 is 0 Å². The number of benzene rings is 1. The van der Waals surface area contributed by atoms with Gasteiger partial charge in [-0.15, -0.1) is 0 Å². The first-order chi connectivity index (χ1) is 8.72. The molecular formula is C14H14N4. The van der Waals surface area contributed by atoms with E-state index in [1.165, 1.54) is 5.56 Å². The first-order valence-corrected chi connectivity index (χ1v) is 5.88. The fourth-order valence-electron chi connectivity index (χ4n) is 2.07. The Labute approximate surface area is 105 Å². The lowest BCUT2D eigenvalue weighted by molar-refractivity contribution is 0.900. The Morgan fingerprint density at radius 2 is 2.00 bits per heavy atom. The van der Waals surface area contributed by atoms with Gasteiger partial charge >= 0.3 is 0 Å². The van der Waals surface area contributed by atoms with Gasteiger partial charge in [-0.2, -0.15) is 5.10 Å². The normalized spacial score (nSPS) is 10.9. The quantitative estimate of drug-likeness (QED) is 0.744. The molecule has 0 saturated carbocycles. The molecule has 0 aliphatic heterocycles. The van der Waals surface area contributed by atoms with Crippen LogP contribution >= 0.6 is 0 Å². The summed E-state index contributed by atoms with van der Waals surface area (Å²) < 4.78 is 1.75. The van der Waals surface area contributed by atoms with Crippen LogP contribution in [0.15, 0.2) is 42.6 Å². The van der Waals surface area contributed by atoms with Crippen LogP contribution in [0.1, 0.15) is 17.0 Å². The Morgan fingerprint density at radius 3 is 2.78 bits per heavy atom. The van der Waals surface area contributed by atoms with E-state index in [1.807, 2.05) is 31.2 Å². The maximum absolute atomic E-state index is 5.80. The van der Waals surface area contributed by atoms with Crippen molar-refractivity contribution in [3.63, 3.8) is 0 Å². The zero-order valence-corrected chi connectivity index (χ0v) is 10.2. The Morgan fingerprint density at radius 1 is 1.22 bits per heavy atom. The van der Waals surface area contributed by atoms with Crippen molar-refractivity contribution in [1.29, 1.82) is 0 Å². The summed E-state index contributed by atoms with van der Waals surface area (Å²) >= 11 is 0. The average molecular weight is 238 g/mol. The minimum Gasteiger partial charge on any atom is -0.397 e. The molecule has 0 radical (unpaired) electrons. The molecule has 3 rings (SSSR count). The van der Waals surface area contributed by atoms with Gasteiger partial charge in [0.15, 0.2) is 11.5 Å². The van der Waals surface area contributed by atoms with Gasteiger partial charge in [0.25, 0.3) is 0 Å². The highest BCUT2D eigenvalue weighted by Gasteiger charge is 2.07. The predicted octanol–water partition coefficient (Wildman–Crippen LogP) is 2.21. The molecule has 0 aliphatic carbocycles. The summed E-state index contributed by atoms with van der Waals surface area (Å²) in [6.07, 6.45) is 2.53. The number of nitrogens with zero attached hydrogens (tertiary/aromatic N) is 3. The zero-order chi connectivity index (χ0) is 12.5. The summed E-state index contributed by atoms with van der Waals surface area (Å²) in [5.74, 6) is 0.815. The van der Waals surface area contributed by atoms with Gasteiger partial charge in [-0.3, -0.25) is 0 Å². The highest BCUT2D eigenvalue weighted by atomic mass is 15.3. The molecule has 90 valence electrons. The van der Waals surface area contributed by atoms with Crippen molar-refractivity contribution < 1.29 is 0 Å². The highest BCUT2D eigenvalue weighted by molar-refractivity contribution is 5.53. The van der Waals surface area contributed by atoms with Crippen LogP contribution in [0.25, 0.3) is 5.65 Å². The average Bonchev–Trinajstić information content (AvgIpc) is 2.73. The monoisotopic (exact) mass is 238 g/mol. The van der Waals surface area contributed by atoms with E-state index in [0.717, 1.165) is 23.5 Å². The third-order valence-electron chi connectivity index (χ3n) is 2.89. The molecule has 0 atom stereocenters. The summed E-state index contributed by atoms with van der Waals surface area (Å²) in [7, 11) is 0. The number of hydrogen-bond donors (Lipinski definition) is 1. The van der Waals surface area contributed by atoms with Gasteiger partial charge in [0.2, 0.25) is 0 Å². The fraction of sp³-hybridized carbons (Fsp3) is 0.143. The summed E-state index contributed by atoms with van der Waals surface area (Å²) in [6, 6.07) is 12.1. The molecule has 4 nitrogen and oxygen atoms in total. The maximum Gasteiger partial charge on any atom is 0.158 e. The third-order valence-corrected chi connectivity index (χ3v) is 2.89. The Hall–Kier alpha value is -2.36. The number of aryl methyl sites for hydroxylation is 1. The van der Waals surface area contributed by atoms with Crippen LogP contribution in [0, 0.1) is 6.92 Å². The van der Waals surface area contributed by atoms with Gasteiger partial charge in [-0.25, -0.2) is 9.50 Å². The number of fused-ring (bicyclic) bond motifs is 1. The molecule has 2 heterocycles. The molecule has 0 bridgehead atoms. The standard InChI is InChI=1S/C14H14N4/c1-10-7-12(15)9-18-14(10)16-13(17-18)8-11-5-3-2-4-6-11/h2-7,9H,8,15H2,1H3. The molecule has 0 spiro atoms. The predicted molar refractivity (Wildman–Crippen MR) is 71.4 cm³/mol. The second kappa shape index (κ2) is 4.14. The van der Waals surface area contributed by atoms with Crippen molar-refractivity contribution >= 4 is 11.3 Å². The molecule has 0 fully saturated rings.